The second-order valence-electron chi connectivity index (χ2n) is 2.97. The minimum Gasteiger partial charge on any atom is -0.479 e. The summed E-state index contributed by atoms with van der Waals surface area (Å²) in [6, 6.07) is 7.82. The van der Waals surface area contributed by atoms with Crippen molar-refractivity contribution < 1.29 is 19.4 Å². The van der Waals surface area contributed by atoms with Crippen molar-refractivity contribution in [3.63, 3.8) is 0 Å². The lowest BCUT2D eigenvalue weighted by Gasteiger charge is -2.22. The lowest BCUT2D eigenvalue weighted by atomic mass is 9.91. The standard InChI is InChI=1S/C10H11FO3/c11-7-6-10(14,9(12)13)8-4-2-1-3-5-8/h1-5,14H,6-7H2,(H,12,13). The summed E-state index contributed by atoms with van der Waals surface area (Å²) in [5.41, 5.74) is -1.92. The van der Waals surface area contributed by atoms with Crippen LogP contribution in [0.3, 0.4) is 0 Å². The Morgan fingerprint density at radius 3 is 2.36 bits per heavy atom. The highest BCUT2D eigenvalue weighted by Gasteiger charge is 2.37. The molecule has 0 radical (unpaired) electrons. The molecule has 0 saturated heterocycles. The molecule has 0 aromatic heterocycles. The Labute approximate surface area is 80.8 Å². The molecular weight excluding hydrogens is 187 g/mol. The molecule has 3 nitrogen and oxygen atoms in total. The average Bonchev–Trinajstić information content (AvgIpc) is 2.19. The Morgan fingerprint density at radius 2 is 1.93 bits per heavy atom. The number of aliphatic carboxylic acids is 1. The molecule has 0 heterocycles. The van der Waals surface area contributed by atoms with E-state index in [4.69, 9.17) is 5.11 Å². The lowest BCUT2D eigenvalue weighted by molar-refractivity contribution is -0.160. The second kappa shape index (κ2) is 4.19. The molecule has 14 heavy (non-hydrogen) atoms. The molecule has 1 unspecified atom stereocenters. The van der Waals surface area contributed by atoms with Crippen LogP contribution in [0.5, 0.6) is 0 Å². The van der Waals surface area contributed by atoms with Crippen LogP contribution in [0.1, 0.15) is 12.0 Å². The zero-order chi connectivity index (χ0) is 10.6. The van der Waals surface area contributed by atoms with Crippen molar-refractivity contribution in [2.75, 3.05) is 6.67 Å². The molecule has 0 aliphatic rings. The summed E-state index contributed by atoms with van der Waals surface area (Å²) in [6.07, 6.45) is -0.438. The minimum atomic E-state index is -2.12. The van der Waals surface area contributed by atoms with E-state index in [0.29, 0.717) is 0 Å². The van der Waals surface area contributed by atoms with Gasteiger partial charge in [-0.05, 0) is 5.56 Å². The number of aliphatic hydroxyl groups is 1. The minimum absolute atomic E-state index is 0.199. The van der Waals surface area contributed by atoms with Gasteiger partial charge in [-0.2, -0.15) is 0 Å². The van der Waals surface area contributed by atoms with Gasteiger partial charge in [0.25, 0.3) is 0 Å². The van der Waals surface area contributed by atoms with Crippen molar-refractivity contribution in [1.82, 2.24) is 0 Å². The molecule has 0 saturated carbocycles. The highest BCUT2D eigenvalue weighted by atomic mass is 19.1. The third-order valence-electron chi connectivity index (χ3n) is 2.06. The summed E-state index contributed by atoms with van der Waals surface area (Å²) in [6.45, 7) is -0.877. The molecule has 0 bridgehead atoms. The van der Waals surface area contributed by atoms with Crippen molar-refractivity contribution in [3.05, 3.63) is 35.9 Å². The van der Waals surface area contributed by atoms with Crippen molar-refractivity contribution in [2.45, 2.75) is 12.0 Å². The largest absolute Gasteiger partial charge is 0.479 e. The van der Waals surface area contributed by atoms with E-state index in [1.807, 2.05) is 0 Å². The molecule has 0 amide bonds. The SMILES string of the molecule is O=C(O)C(O)(CCF)c1ccccc1. The van der Waals surface area contributed by atoms with E-state index in [0.717, 1.165) is 0 Å². The molecule has 1 aromatic rings. The molecule has 0 spiro atoms. The first kappa shape index (κ1) is 10.7. The van der Waals surface area contributed by atoms with Crippen molar-refractivity contribution in [2.24, 2.45) is 0 Å². The molecule has 1 atom stereocenters. The summed E-state index contributed by atoms with van der Waals surface area (Å²) in [7, 11) is 0. The maximum atomic E-state index is 12.1. The van der Waals surface area contributed by atoms with E-state index in [1.165, 1.54) is 12.1 Å². The van der Waals surface area contributed by atoms with Crippen molar-refractivity contribution in [1.29, 1.82) is 0 Å². The lowest BCUT2D eigenvalue weighted by Crippen LogP contribution is -2.36. The summed E-state index contributed by atoms with van der Waals surface area (Å²) >= 11 is 0. The quantitative estimate of drug-likeness (QED) is 0.767. The van der Waals surface area contributed by atoms with Gasteiger partial charge in [0.15, 0.2) is 5.60 Å². The first-order valence-corrected chi connectivity index (χ1v) is 4.18. The van der Waals surface area contributed by atoms with Gasteiger partial charge < -0.3 is 10.2 Å². The van der Waals surface area contributed by atoms with E-state index < -0.39 is 24.7 Å². The van der Waals surface area contributed by atoms with Gasteiger partial charge in [0.1, 0.15) is 0 Å². The third kappa shape index (κ3) is 1.90. The average molecular weight is 198 g/mol. The van der Waals surface area contributed by atoms with Gasteiger partial charge in [0, 0.05) is 6.42 Å². The highest BCUT2D eigenvalue weighted by molar-refractivity contribution is 5.79. The monoisotopic (exact) mass is 198 g/mol. The van der Waals surface area contributed by atoms with Crippen LogP contribution in [0.4, 0.5) is 4.39 Å². The summed E-state index contributed by atoms with van der Waals surface area (Å²) in [4.78, 5) is 10.8. The van der Waals surface area contributed by atoms with E-state index in [9.17, 15) is 14.3 Å². The third-order valence-corrected chi connectivity index (χ3v) is 2.06. The van der Waals surface area contributed by atoms with Crippen LogP contribution < -0.4 is 0 Å². The number of hydrogen-bond donors (Lipinski definition) is 2. The van der Waals surface area contributed by atoms with E-state index in [2.05, 4.69) is 0 Å². The molecule has 76 valence electrons. The van der Waals surface area contributed by atoms with Gasteiger partial charge in [-0.15, -0.1) is 0 Å². The highest BCUT2D eigenvalue weighted by Crippen LogP contribution is 2.25. The Balaban J connectivity index is 3.06. The van der Waals surface area contributed by atoms with E-state index >= 15 is 0 Å². The molecule has 0 aliphatic heterocycles. The Kier molecular flexibility index (Phi) is 3.19. The fraction of sp³-hybridized carbons (Fsp3) is 0.300. The number of carboxylic acid groups (broad SMARTS) is 1. The number of hydrogen-bond acceptors (Lipinski definition) is 2. The zero-order valence-corrected chi connectivity index (χ0v) is 7.48. The fourth-order valence-corrected chi connectivity index (χ4v) is 1.23. The van der Waals surface area contributed by atoms with Crippen LogP contribution in [0.15, 0.2) is 30.3 Å². The van der Waals surface area contributed by atoms with Gasteiger partial charge in [0.2, 0.25) is 0 Å². The number of carboxylic acids is 1. The maximum absolute atomic E-state index is 12.1. The summed E-state index contributed by atoms with van der Waals surface area (Å²) in [5, 5.41) is 18.5. The zero-order valence-electron chi connectivity index (χ0n) is 7.48. The summed E-state index contributed by atoms with van der Waals surface area (Å²) in [5.74, 6) is -1.43. The van der Waals surface area contributed by atoms with Gasteiger partial charge in [-0.1, -0.05) is 30.3 Å². The van der Waals surface area contributed by atoms with Gasteiger partial charge in [0.05, 0.1) is 6.67 Å². The Bertz CT molecular complexity index is 312. The van der Waals surface area contributed by atoms with Gasteiger partial charge >= 0.3 is 5.97 Å². The molecule has 1 aromatic carbocycles. The molecular formula is C10H11FO3. The number of carbonyl (C=O) groups is 1. The second-order valence-corrected chi connectivity index (χ2v) is 2.97. The van der Waals surface area contributed by atoms with Crippen LogP contribution >= 0.6 is 0 Å². The van der Waals surface area contributed by atoms with Gasteiger partial charge in [-0.3, -0.25) is 4.39 Å². The van der Waals surface area contributed by atoms with Crippen molar-refractivity contribution >= 4 is 5.97 Å². The maximum Gasteiger partial charge on any atom is 0.340 e. The fourth-order valence-electron chi connectivity index (χ4n) is 1.23. The van der Waals surface area contributed by atoms with Gasteiger partial charge in [-0.25, -0.2) is 4.79 Å². The first-order valence-electron chi connectivity index (χ1n) is 4.18. The molecule has 0 fully saturated rings. The smallest absolute Gasteiger partial charge is 0.340 e. The van der Waals surface area contributed by atoms with E-state index in [-0.39, 0.29) is 5.56 Å². The molecule has 2 N–H and O–H groups in total. The molecule has 0 aliphatic carbocycles. The summed E-state index contributed by atoms with van der Waals surface area (Å²) < 4.78 is 12.1. The molecule has 4 heteroatoms. The number of alkyl halides is 1. The van der Waals surface area contributed by atoms with Crippen LogP contribution in [-0.4, -0.2) is 22.9 Å². The predicted octanol–water partition coefficient (Wildman–Crippen LogP) is 1.32. The number of halogens is 1. The normalized spacial score (nSPS) is 14.7. The predicted molar refractivity (Wildman–Crippen MR) is 48.6 cm³/mol. The topological polar surface area (TPSA) is 57.5 Å². The van der Waals surface area contributed by atoms with Crippen LogP contribution in [0.2, 0.25) is 0 Å². The van der Waals surface area contributed by atoms with Crippen molar-refractivity contribution in [3.8, 4) is 0 Å². The Hall–Kier alpha value is -1.42. The van der Waals surface area contributed by atoms with Crippen LogP contribution in [0.25, 0.3) is 0 Å². The van der Waals surface area contributed by atoms with Crippen LogP contribution in [0, 0.1) is 0 Å². The van der Waals surface area contributed by atoms with Crippen LogP contribution in [-0.2, 0) is 10.4 Å². The first-order chi connectivity index (χ1) is 6.61. The molecule has 1 rings (SSSR count). The number of benzene rings is 1. The van der Waals surface area contributed by atoms with E-state index in [1.54, 1.807) is 18.2 Å². The number of rotatable bonds is 4. The Morgan fingerprint density at radius 1 is 1.36 bits per heavy atom.